The molecule has 0 aromatic heterocycles. The lowest BCUT2D eigenvalue weighted by Crippen LogP contribution is -2.38. The topological polar surface area (TPSA) is 50.8 Å². The minimum atomic E-state index is 0.0530. The van der Waals surface area contributed by atoms with Gasteiger partial charge in [-0.2, -0.15) is 0 Å². The minimum absolute atomic E-state index is 0.0530. The molecule has 2 aliphatic rings. The molecule has 2 atom stereocenters. The highest BCUT2D eigenvalue weighted by atomic mass is 16.5. The van der Waals surface area contributed by atoms with Gasteiger partial charge in [-0.3, -0.25) is 9.69 Å². The summed E-state index contributed by atoms with van der Waals surface area (Å²) in [6.07, 6.45) is 3.93. The number of carbonyl (C=O) groups is 1. The molecular formula is C25H32N2O3. The Labute approximate surface area is 179 Å². The van der Waals surface area contributed by atoms with Crippen LogP contribution in [0.4, 0.5) is 0 Å². The Bertz CT molecular complexity index is 865. The van der Waals surface area contributed by atoms with E-state index in [0.717, 1.165) is 49.3 Å². The van der Waals surface area contributed by atoms with Crippen molar-refractivity contribution in [3.8, 4) is 11.5 Å². The maximum atomic E-state index is 12.9. The van der Waals surface area contributed by atoms with Gasteiger partial charge in [0.15, 0.2) is 11.5 Å². The van der Waals surface area contributed by atoms with Gasteiger partial charge in [0, 0.05) is 12.5 Å². The molecule has 4 rings (SSSR count). The Morgan fingerprint density at radius 3 is 2.63 bits per heavy atom. The van der Waals surface area contributed by atoms with Gasteiger partial charge >= 0.3 is 0 Å². The van der Waals surface area contributed by atoms with E-state index in [4.69, 9.17) is 9.47 Å². The first kappa shape index (κ1) is 20.7. The van der Waals surface area contributed by atoms with Crippen molar-refractivity contribution in [2.75, 3.05) is 26.3 Å². The van der Waals surface area contributed by atoms with Crippen molar-refractivity contribution >= 4 is 5.91 Å². The van der Waals surface area contributed by atoms with E-state index in [1.807, 2.05) is 6.07 Å². The fourth-order valence-electron chi connectivity index (χ4n) is 4.42. The number of nitrogens with zero attached hydrogens (tertiary/aromatic N) is 1. The van der Waals surface area contributed by atoms with Crippen LogP contribution in [0.2, 0.25) is 0 Å². The van der Waals surface area contributed by atoms with Crippen molar-refractivity contribution in [2.45, 2.75) is 51.6 Å². The zero-order valence-corrected chi connectivity index (χ0v) is 18.0. The largest absolute Gasteiger partial charge is 0.490 e. The SMILES string of the molecule is CC[C@H](NC(=O)CN1CCC[C@H]1c1ccc2c(c1)OCCCO2)c1ccc(C)cc1. The number of amides is 1. The first-order chi connectivity index (χ1) is 14.6. The van der Waals surface area contributed by atoms with Crippen molar-refractivity contribution < 1.29 is 14.3 Å². The predicted molar refractivity (Wildman–Crippen MR) is 118 cm³/mol. The highest BCUT2D eigenvalue weighted by Crippen LogP contribution is 2.37. The Morgan fingerprint density at radius 1 is 1.10 bits per heavy atom. The Kier molecular flexibility index (Phi) is 6.58. The van der Waals surface area contributed by atoms with E-state index in [-0.39, 0.29) is 18.0 Å². The number of rotatable bonds is 6. The van der Waals surface area contributed by atoms with Crippen LogP contribution in [-0.2, 0) is 4.79 Å². The molecule has 0 spiro atoms. The van der Waals surface area contributed by atoms with Gasteiger partial charge < -0.3 is 14.8 Å². The fourth-order valence-corrected chi connectivity index (χ4v) is 4.42. The van der Waals surface area contributed by atoms with E-state index >= 15 is 0 Å². The number of fused-ring (bicyclic) bond motifs is 1. The van der Waals surface area contributed by atoms with Gasteiger partial charge in [-0.05, 0) is 56.0 Å². The molecule has 1 amide bonds. The van der Waals surface area contributed by atoms with Gasteiger partial charge in [0.1, 0.15) is 0 Å². The quantitative estimate of drug-likeness (QED) is 0.761. The normalized spacial score (nSPS) is 19.9. The first-order valence-electron chi connectivity index (χ1n) is 11.1. The molecule has 1 saturated heterocycles. The molecule has 2 aromatic rings. The van der Waals surface area contributed by atoms with Gasteiger partial charge in [0.05, 0.1) is 25.8 Å². The lowest BCUT2D eigenvalue weighted by molar-refractivity contribution is -0.123. The molecule has 1 fully saturated rings. The third-order valence-corrected chi connectivity index (χ3v) is 6.09. The molecule has 0 saturated carbocycles. The molecule has 2 aliphatic heterocycles. The molecule has 2 heterocycles. The number of likely N-dealkylation sites (tertiary alicyclic amines) is 1. The molecule has 30 heavy (non-hydrogen) atoms. The van der Waals surface area contributed by atoms with Crippen molar-refractivity contribution in [1.82, 2.24) is 10.2 Å². The summed E-state index contributed by atoms with van der Waals surface area (Å²) in [4.78, 5) is 15.2. The zero-order valence-electron chi connectivity index (χ0n) is 18.0. The number of nitrogens with one attached hydrogen (secondary N) is 1. The third-order valence-electron chi connectivity index (χ3n) is 6.09. The number of carbonyl (C=O) groups excluding carboxylic acids is 1. The molecule has 5 nitrogen and oxygen atoms in total. The number of benzene rings is 2. The Hall–Kier alpha value is -2.53. The van der Waals surface area contributed by atoms with Gasteiger partial charge in [0.2, 0.25) is 5.91 Å². The number of ether oxygens (including phenoxy) is 2. The standard InChI is InChI=1S/C25H32N2O3/c1-3-21(19-9-7-18(2)8-10-19)26-25(28)17-27-13-4-6-22(27)20-11-12-23-24(16-20)30-15-5-14-29-23/h7-12,16,21-22H,3-6,13-15,17H2,1-2H3,(H,26,28)/t21-,22-/m0/s1. The summed E-state index contributed by atoms with van der Waals surface area (Å²) < 4.78 is 11.6. The second kappa shape index (κ2) is 9.52. The average molecular weight is 409 g/mol. The summed E-state index contributed by atoms with van der Waals surface area (Å²) in [5.74, 6) is 1.73. The number of hydrogen-bond donors (Lipinski definition) is 1. The monoisotopic (exact) mass is 408 g/mol. The average Bonchev–Trinajstić information content (AvgIpc) is 3.08. The maximum absolute atomic E-state index is 12.9. The first-order valence-corrected chi connectivity index (χ1v) is 11.1. The van der Waals surface area contributed by atoms with E-state index in [1.54, 1.807) is 0 Å². The van der Waals surface area contributed by atoms with Crippen molar-refractivity contribution in [2.24, 2.45) is 0 Å². The van der Waals surface area contributed by atoms with Crippen molar-refractivity contribution in [1.29, 1.82) is 0 Å². The third kappa shape index (κ3) is 4.78. The summed E-state index contributed by atoms with van der Waals surface area (Å²) in [6, 6.07) is 15.0. The highest BCUT2D eigenvalue weighted by Gasteiger charge is 2.29. The number of aryl methyl sites for hydroxylation is 1. The van der Waals surface area contributed by atoms with Crippen LogP contribution in [0, 0.1) is 6.92 Å². The van der Waals surface area contributed by atoms with Crippen molar-refractivity contribution in [3.05, 3.63) is 59.2 Å². The molecule has 0 bridgehead atoms. The van der Waals surface area contributed by atoms with Gasteiger partial charge in [-0.1, -0.05) is 42.8 Å². The summed E-state index contributed by atoms with van der Waals surface area (Å²) in [7, 11) is 0. The molecule has 0 aliphatic carbocycles. The van der Waals surface area contributed by atoms with Crippen LogP contribution >= 0.6 is 0 Å². The van der Waals surface area contributed by atoms with Gasteiger partial charge in [0.25, 0.3) is 0 Å². The highest BCUT2D eigenvalue weighted by molar-refractivity contribution is 5.78. The number of hydrogen-bond acceptors (Lipinski definition) is 4. The van der Waals surface area contributed by atoms with E-state index in [1.165, 1.54) is 11.1 Å². The van der Waals surface area contributed by atoms with E-state index < -0.39 is 0 Å². The van der Waals surface area contributed by atoms with Gasteiger partial charge in [-0.25, -0.2) is 0 Å². The molecular weight excluding hydrogens is 376 g/mol. The second-order valence-corrected chi connectivity index (χ2v) is 8.32. The van der Waals surface area contributed by atoms with Crippen LogP contribution < -0.4 is 14.8 Å². The van der Waals surface area contributed by atoms with E-state index in [9.17, 15) is 4.79 Å². The molecule has 160 valence electrons. The molecule has 2 aromatic carbocycles. The summed E-state index contributed by atoms with van der Waals surface area (Å²) in [5, 5.41) is 3.23. The molecule has 0 unspecified atom stereocenters. The Balaban J connectivity index is 1.41. The second-order valence-electron chi connectivity index (χ2n) is 8.32. The van der Waals surface area contributed by atoms with E-state index in [2.05, 4.69) is 60.5 Å². The zero-order chi connectivity index (χ0) is 20.9. The summed E-state index contributed by atoms with van der Waals surface area (Å²) >= 11 is 0. The summed E-state index contributed by atoms with van der Waals surface area (Å²) in [5.41, 5.74) is 3.60. The minimum Gasteiger partial charge on any atom is -0.490 e. The Morgan fingerprint density at radius 2 is 1.87 bits per heavy atom. The summed E-state index contributed by atoms with van der Waals surface area (Å²) in [6.45, 7) is 6.93. The van der Waals surface area contributed by atoms with Crippen LogP contribution in [0.25, 0.3) is 0 Å². The lowest BCUT2D eigenvalue weighted by Gasteiger charge is -2.26. The van der Waals surface area contributed by atoms with Crippen LogP contribution in [0.3, 0.4) is 0 Å². The fraction of sp³-hybridized carbons (Fsp3) is 0.480. The van der Waals surface area contributed by atoms with Crippen LogP contribution in [-0.4, -0.2) is 37.1 Å². The smallest absolute Gasteiger partial charge is 0.234 e. The van der Waals surface area contributed by atoms with Gasteiger partial charge in [-0.15, -0.1) is 0 Å². The molecule has 5 heteroatoms. The van der Waals surface area contributed by atoms with Crippen LogP contribution in [0.1, 0.15) is 61.4 Å². The van der Waals surface area contributed by atoms with Crippen LogP contribution in [0.5, 0.6) is 11.5 Å². The molecule has 0 radical (unpaired) electrons. The van der Waals surface area contributed by atoms with Crippen LogP contribution in [0.15, 0.2) is 42.5 Å². The van der Waals surface area contributed by atoms with Crippen molar-refractivity contribution in [3.63, 3.8) is 0 Å². The maximum Gasteiger partial charge on any atom is 0.234 e. The molecule has 1 N–H and O–H groups in total. The van der Waals surface area contributed by atoms with E-state index in [0.29, 0.717) is 19.8 Å². The lowest BCUT2D eigenvalue weighted by atomic mass is 10.0. The predicted octanol–water partition coefficient (Wildman–Crippen LogP) is 4.56.